The lowest BCUT2D eigenvalue weighted by Gasteiger charge is -2.10. The van der Waals surface area contributed by atoms with Crippen molar-refractivity contribution in [1.29, 1.82) is 0 Å². The lowest BCUT2D eigenvalue weighted by molar-refractivity contribution is 0.262. The van der Waals surface area contributed by atoms with Gasteiger partial charge in [-0.2, -0.15) is 0 Å². The molecule has 0 aliphatic rings. The maximum absolute atomic E-state index is 11.9. The third-order valence-corrected chi connectivity index (χ3v) is 3.53. The highest BCUT2D eigenvalue weighted by Gasteiger charge is 2.05. The number of amides is 2. The fraction of sp³-hybridized carbons (Fsp3) is 0.188. The molecule has 2 amide bonds. The zero-order chi connectivity index (χ0) is 15.4. The second-order valence-corrected chi connectivity index (χ2v) is 5.36. The lowest BCUT2D eigenvalue weighted by atomic mass is 10.1. The number of anilines is 2. The molecule has 1 unspecified atom stereocenters. The molecule has 2 aromatic carbocycles. The molecule has 4 N–H and O–H groups in total. The van der Waals surface area contributed by atoms with E-state index in [-0.39, 0.29) is 12.1 Å². The van der Waals surface area contributed by atoms with Crippen molar-refractivity contribution in [3.8, 4) is 0 Å². The number of carbonyl (C=O) groups excluding carboxylic acids is 1. The average molecular weight is 304 g/mol. The Morgan fingerprint density at radius 3 is 2.24 bits per heavy atom. The first-order chi connectivity index (χ1) is 9.95. The summed E-state index contributed by atoms with van der Waals surface area (Å²) in [7, 11) is 0. The third kappa shape index (κ3) is 4.21. The summed E-state index contributed by atoms with van der Waals surface area (Å²) in [4.78, 5) is 11.9. The van der Waals surface area contributed by atoms with Crippen molar-refractivity contribution < 1.29 is 4.79 Å². The molecule has 0 heterocycles. The molecule has 1 atom stereocenters. The van der Waals surface area contributed by atoms with Gasteiger partial charge in [-0.25, -0.2) is 4.79 Å². The van der Waals surface area contributed by atoms with Gasteiger partial charge in [0.25, 0.3) is 0 Å². The number of nitrogens with two attached hydrogens (primary N) is 1. The molecule has 4 nitrogen and oxygen atoms in total. The predicted molar refractivity (Wildman–Crippen MR) is 87.9 cm³/mol. The van der Waals surface area contributed by atoms with Crippen LogP contribution in [-0.4, -0.2) is 6.03 Å². The molecule has 0 bridgehead atoms. The first-order valence-electron chi connectivity index (χ1n) is 6.65. The van der Waals surface area contributed by atoms with Gasteiger partial charge < -0.3 is 16.4 Å². The molecule has 110 valence electrons. The number of hydrogen-bond acceptors (Lipinski definition) is 2. The molecule has 0 aliphatic carbocycles. The monoisotopic (exact) mass is 303 g/mol. The fourth-order valence-corrected chi connectivity index (χ4v) is 2.01. The highest BCUT2D eigenvalue weighted by atomic mass is 35.5. The summed E-state index contributed by atoms with van der Waals surface area (Å²) < 4.78 is 0. The van der Waals surface area contributed by atoms with Gasteiger partial charge in [-0.3, -0.25) is 0 Å². The molecule has 0 saturated carbocycles. The highest BCUT2D eigenvalue weighted by molar-refractivity contribution is 6.31. The van der Waals surface area contributed by atoms with E-state index in [1.807, 2.05) is 44.2 Å². The molecular formula is C16H18ClN3O. The summed E-state index contributed by atoms with van der Waals surface area (Å²) in [5, 5.41) is 6.11. The second kappa shape index (κ2) is 6.61. The molecule has 0 radical (unpaired) electrons. The quantitative estimate of drug-likeness (QED) is 0.791. The molecule has 21 heavy (non-hydrogen) atoms. The van der Waals surface area contributed by atoms with Crippen molar-refractivity contribution in [3.05, 3.63) is 58.6 Å². The molecular weight excluding hydrogens is 286 g/mol. The van der Waals surface area contributed by atoms with Crippen LogP contribution in [0.1, 0.15) is 24.1 Å². The van der Waals surface area contributed by atoms with Crippen LogP contribution >= 0.6 is 11.6 Å². The molecule has 0 aromatic heterocycles. The number of halogens is 1. The van der Waals surface area contributed by atoms with Crippen LogP contribution in [-0.2, 0) is 0 Å². The van der Waals surface area contributed by atoms with E-state index in [9.17, 15) is 4.79 Å². The Morgan fingerprint density at radius 2 is 1.67 bits per heavy atom. The minimum absolute atomic E-state index is 0.0254. The molecule has 0 fully saturated rings. The number of urea groups is 1. The predicted octanol–water partition coefficient (Wildman–Crippen LogP) is 4.31. The lowest BCUT2D eigenvalue weighted by Crippen LogP contribution is -2.19. The van der Waals surface area contributed by atoms with Gasteiger partial charge in [-0.05, 0) is 49.2 Å². The Bertz CT molecular complexity index is 638. The first kappa shape index (κ1) is 15.4. The SMILES string of the molecule is Cc1ccc(NC(=O)Nc2ccc(C(C)N)cc2)cc1Cl. The molecule has 0 saturated heterocycles. The summed E-state index contributed by atoms with van der Waals surface area (Å²) in [6.45, 7) is 3.82. The van der Waals surface area contributed by atoms with Gasteiger partial charge in [-0.1, -0.05) is 29.8 Å². The van der Waals surface area contributed by atoms with Gasteiger partial charge in [0.1, 0.15) is 0 Å². The molecule has 2 aromatic rings. The topological polar surface area (TPSA) is 67.2 Å². The molecule has 2 rings (SSSR count). The van der Waals surface area contributed by atoms with Crippen molar-refractivity contribution in [2.24, 2.45) is 5.73 Å². The Labute approximate surface area is 129 Å². The highest BCUT2D eigenvalue weighted by Crippen LogP contribution is 2.20. The van der Waals surface area contributed by atoms with Crippen LogP contribution in [0.15, 0.2) is 42.5 Å². The summed E-state index contributed by atoms with van der Waals surface area (Å²) >= 11 is 6.02. The van der Waals surface area contributed by atoms with Gasteiger partial charge >= 0.3 is 6.03 Å². The number of nitrogens with one attached hydrogen (secondary N) is 2. The van der Waals surface area contributed by atoms with Crippen molar-refractivity contribution in [2.45, 2.75) is 19.9 Å². The Morgan fingerprint density at radius 1 is 1.10 bits per heavy atom. The van der Waals surface area contributed by atoms with E-state index in [0.29, 0.717) is 16.4 Å². The maximum Gasteiger partial charge on any atom is 0.323 e. The zero-order valence-corrected chi connectivity index (χ0v) is 12.7. The number of carbonyl (C=O) groups is 1. The van der Waals surface area contributed by atoms with Crippen LogP contribution in [0.5, 0.6) is 0 Å². The smallest absolute Gasteiger partial charge is 0.323 e. The molecule has 5 heteroatoms. The minimum Gasteiger partial charge on any atom is -0.324 e. The minimum atomic E-state index is -0.316. The van der Waals surface area contributed by atoms with E-state index in [1.54, 1.807) is 12.1 Å². The fourth-order valence-electron chi connectivity index (χ4n) is 1.83. The Hall–Kier alpha value is -2.04. The van der Waals surface area contributed by atoms with Crippen molar-refractivity contribution >= 4 is 29.0 Å². The maximum atomic E-state index is 11.9. The van der Waals surface area contributed by atoms with E-state index in [1.165, 1.54) is 0 Å². The standard InChI is InChI=1S/C16H18ClN3O/c1-10-3-6-14(9-15(10)17)20-16(21)19-13-7-4-12(5-8-13)11(2)18/h3-9,11H,18H2,1-2H3,(H2,19,20,21). The Balaban J connectivity index is 1.99. The second-order valence-electron chi connectivity index (χ2n) is 4.95. The van der Waals surface area contributed by atoms with Gasteiger partial charge in [-0.15, -0.1) is 0 Å². The van der Waals surface area contributed by atoms with Crippen molar-refractivity contribution in [3.63, 3.8) is 0 Å². The summed E-state index contributed by atoms with van der Waals surface area (Å²) in [6, 6.07) is 12.5. The van der Waals surface area contributed by atoms with E-state index in [4.69, 9.17) is 17.3 Å². The van der Waals surface area contributed by atoms with Crippen LogP contribution in [0.3, 0.4) is 0 Å². The van der Waals surface area contributed by atoms with Crippen LogP contribution in [0, 0.1) is 6.92 Å². The zero-order valence-electron chi connectivity index (χ0n) is 12.0. The van der Waals surface area contributed by atoms with Crippen molar-refractivity contribution in [2.75, 3.05) is 10.6 Å². The number of rotatable bonds is 3. The van der Waals surface area contributed by atoms with Crippen LogP contribution in [0.25, 0.3) is 0 Å². The van der Waals surface area contributed by atoms with Crippen LogP contribution in [0.2, 0.25) is 5.02 Å². The molecule has 0 aliphatic heterocycles. The van der Waals surface area contributed by atoms with Crippen LogP contribution in [0.4, 0.5) is 16.2 Å². The summed E-state index contributed by atoms with van der Waals surface area (Å²) in [5.74, 6) is 0. The first-order valence-corrected chi connectivity index (χ1v) is 7.03. The number of hydrogen-bond donors (Lipinski definition) is 3. The van der Waals surface area contributed by atoms with Gasteiger partial charge in [0.2, 0.25) is 0 Å². The number of aryl methyl sites for hydroxylation is 1. The van der Waals surface area contributed by atoms with Gasteiger partial charge in [0, 0.05) is 22.4 Å². The largest absolute Gasteiger partial charge is 0.324 e. The summed E-state index contributed by atoms with van der Waals surface area (Å²) in [6.07, 6.45) is 0. The van der Waals surface area contributed by atoms with E-state index < -0.39 is 0 Å². The van der Waals surface area contributed by atoms with Gasteiger partial charge in [0.05, 0.1) is 0 Å². The normalized spacial score (nSPS) is 11.8. The Kier molecular flexibility index (Phi) is 4.83. The van der Waals surface area contributed by atoms with Crippen molar-refractivity contribution in [1.82, 2.24) is 0 Å². The average Bonchev–Trinajstić information content (AvgIpc) is 2.43. The summed E-state index contributed by atoms with van der Waals surface area (Å²) in [5.41, 5.74) is 9.12. The van der Waals surface area contributed by atoms with Crippen LogP contribution < -0.4 is 16.4 Å². The van der Waals surface area contributed by atoms with E-state index in [0.717, 1.165) is 11.1 Å². The molecule has 0 spiro atoms. The van der Waals surface area contributed by atoms with Gasteiger partial charge in [0.15, 0.2) is 0 Å². The number of benzene rings is 2. The third-order valence-electron chi connectivity index (χ3n) is 3.12. The van der Waals surface area contributed by atoms with E-state index >= 15 is 0 Å². The van der Waals surface area contributed by atoms with E-state index in [2.05, 4.69) is 10.6 Å².